The molecule has 0 aliphatic rings. The third-order valence-electron chi connectivity index (χ3n) is 4.56. The number of aromatic nitrogens is 2. The highest BCUT2D eigenvalue weighted by atomic mass is 32.2. The van der Waals surface area contributed by atoms with Gasteiger partial charge in [-0.05, 0) is 31.4 Å². The number of amides is 1. The molecule has 1 atom stereocenters. The quantitative estimate of drug-likeness (QED) is 0.468. The predicted octanol–water partition coefficient (Wildman–Crippen LogP) is 4.89. The smallest absolute Gasteiger partial charge is 0.240 e. The van der Waals surface area contributed by atoms with Crippen molar-refractivity contribution in [2.75, 3.05) is 25.0 Å². The first-order valence-electron chi connectivity index (χ1n) is 9.83. The molecule has 0 saturated carbocycles. The summed E-state index contributed by atoms with van der Waals surface area (Å²) in [6, 6.07) is 20.2. The van der Waals surface area contributed by atoms with E-state index in [1.165, 1.54) is 28.7 Å². The Hall–Kier alpha value is -2.38. The van der Waals surface area contributed by atoms with Crippen LogP contribution in [0.2, 0.25) is 0 Å². The predicted molar refractivity (Wildman–Crippen MR) is 122 cm³/mol. The van der Waals surface area contributed by atoms with E-state index in [1.54, 1.807) is 0 Å². The molecule has 3 rings (SSSR count). The number of hydrogen-bond acceptors (Lipinski definition) is 6. The fourth-order valence-electron chi connectivity index (χ4n) is 2.98. The van der Waals surface area contributed by atoms with Gasteiger partial charge in [-0.15, -0.1) is 10.2 Å². The molecule has 0 radical (unpaired) electrons. The van der Waals surface area contributed by atoms with Crippen molar-refractivity contribution >= 4 is 34.1 Å². The van der Waals surface area contributed by atoms with Gasteiger partial charge in [0.05, 0.1) is 0 Å². The van der Waals surface area contributed by atoms with Crippen molar-refractivity contribution in [3.63, 3.8) is 0 Å². The molecule has 5 nitrogen and oxygen atoms in total. The first-order valence-corrected chi connectivity index (χ1v) is 11.5. The second-order valence-corrected chi connectivity index (χ2v) is 8.78. The molecule has 2 aromatic carbocycles. The zero-order chi connectivity index (χ0) is 20.5. The summed E-state index contributed by atoms with van der Waals surface area (Å²) in [6.45, 7) is 6.20. The second-order valence-electron chi connectivity index (χ2n) is 6.45. The van der Waals surface area contributed by atoms with E-state index in [1.807, 2.05) is 67.3 Å². The van der Waals surface area contributed by atoms with Crippen molar-refractivity contribution < 1.29 is 4.79 Å². The number of thioether (sulfide) groups is 1. The van der Waals surface area contributed by atoms with Crippen molar-refractivity contribution in [1.29, 1.82) is 0 Å². The van der Waals surface area contributed by atoms with Gasteiger partial charge in [-0.2, -0.15) is 0 Å². The minimum atomic E-state index is -0.318. The summed E-state index contributed by atoms with van der Waals surface area (Å²) in [5, 5.41) is 12.4. The fraction of sp³-hybridized carbons (Fsp3) is 0.318. The van der Waals surface area contributed by atoms with E-state index in [9.17, 15) is 4.79 Å². The molecule has 0 saturated heterocycles. The Morgan fingerprint density at radius 1 is 1.03 bits per heavy atom. The van der Waals surface area contributed by atoms with E-state index in [-0.39, 0.29) is 11.2 Å². The molecule has 0 aliphatic carbocycles. The van der Waals surface area contributed by atoms with Gasteiger partial charge in [-0.3, -0.25) is 4.79 Å². The van der Waals surface area contributed by atoms with Crippen molar-refractivity contribution in [3.05, 3.63) is 71.8 Å². The molecule has 0 spiro atoms. The van der Waals surface area contributed by atoms with Crippen LogP contribution in [-0.2, 0) is 11.2 Å². The minimum Gasteiger partial charge on any atom is -0.360 e. The van der Waals surface area contributed by atoms with E-state index in [0.29, 0.717) is 13.1 Å². The minimum absolute atomic E-state index is 0.111. The molecule has 1 N–H and O–H groups in total. The van der Waals surface area contributed by atoms with Gasteiger partial charge >= 0.3 is 0 Å². The van der Waals surface area contributed by atoms with Crippen LogP contribution in [0.3, 0.4) is 0 Å². The molecule has 0 fully saturated rings. The molecule has 7 heteroatoms. The summed E-state index contributed by atoms with van der Waals surface area (Å²) in [5.41, 5.74) is 2.27. The average molecular weight is 427 g/mol. The Morgan fingerprint density at radius 3 is 2.34 bits per heavy atom. The third-order valence-corrected chi connectivity index (χ3v) is 6.77. The normalized spacial score (nSPS) is 11.8. The van der Waals surface area contributed by atoms with Gasteiger partial charge in [0, 0.05) is 19.6 Å². The van der Waals surface area contributed by atoms with Gasteiger partial charge in [0.15, 0.2) is 4.34 Å². The van der Waals surface area contributed by atoms with Gasteiger partial charge in [-0.1, -0.05) is 83.8 Å². The average Bonchev–Trinajstić information content (AvgIpc) is 3.21. The summed E-state index contributed by atoms with van der Waals surface area (Å²) in [5.74, 6) is 0.111. The van der Waals surface area contributed by atoms with E-state index >= 15 is 0 Å². The number of carbonyl (C=O) groups excluding carboxylic acids is 1. The number of likely N-dealkylation sites (N-methyl/N-ethyl adjacent to an activating group) is 1. The molecule has 1 aromatic heterocycles. The standard InChI is InChI=1S/C22H26N4OS2/c1-3-26(4-2)20(27)19(18-13-9-6-10-14-18)28-22-25-24-21(29-22)23-16-15-17-11-7-5-8-12-17/h5-14,19H,3-4,15-16H2,1-2H3,(H,23,24). The first-order chi connectivity index (χ1) is 14.2. The highest BCUT2D eigenvalue weighted by molar-refractivity contribution is 8.01. The number of nitrogens with one attached hydrogen (secondary N) is 1. The molecule has 0 aliphatic heterocycles. The molecule has 3 aromatic rings. The number of benzene rings is 2. The zero-order valence-electron chi connectivity index (χ0n) is 16.7. The van der Waals surface area contributed by atoms with Crippen LogP contribution in [0.25, 0.3) is 0 Å². The van der Waals surface area contributed by atoms with Crippen LogP contribution in [0.1, 0.15) is 30.2 Å². The van der Waals surface area contributed by atoms with Gasteiger partial charge in [0.1, 0.15) is 5.25 Å². The lowest BCUT2D eigenvalue weighted by Gasteiger charge is -2.24. The molecular weight excluding hydrogens is 400 g/mol. The fourth-order valence-corrected chi connectivity index (χ4v) is 5.03. The van der Waals surface area contributed by atoms with E-state index in [0.717, 1.165) is 28.0 Å². The molecule has 1 amide bonds. The first kappa shape index (κ1) is 21.3. The van der Waals surface area contributed by atoms with Crippen LogP contribution in [0.5, 0.6) is 0 Å². The summed E-state index contributed by atoms with van der Waals surface area (Å²) in [6.07, 6.45) is 0.927. The zero-order valence-corrected chi connectivity index (χ0v) is 18.4. The van der Waals surface area contributed by atoms with Crippen molar-refractivity contribution in [3.8, 4) is 0 Å². The van der Waals surface area contributed by atoms with Crippen LogP contribution in [0.4, 0.5) is 5.13 Å². The number of hydrogen-bond donors (Lipinski definition) is 1. The van der Waals surface area contributed by atoms with Crippen LogP contribution >= 0.6 is 23.1 Å². The largest absolute Gasteiger partial charge is 0.360 e. The van der Waals surface area contributed by atoms with Gasteiger partial charge in [0.2, 0.25) is 11.0 Å². The maximum Gasteiger partial charge on any atom is 0.240 e. The highest BCUT2D eigenvalue weighted by Crippen LogP contribution is 2.39. The van der Waals surface area contributed by atoms with E-state index in [4.69, 9.17) is 0 Å². The third kappa shape index (κ3) is 6.05. The molecular formula is C22H26N4OS2. The van der Waals surface area contributed by atoms with E-state index < -0.39 is 0 Å². The monoisotopic (exact) mass is 426 g/mol. The van der Waals surface area contributed by atoms with Crippen LogP contribution in [0, 0.1) is 0 Å². The van der Waals surface area contributed by atoms with Crippen molar-refractivity contribution in [2.24, 2.45) is 0 Å². The summed E-state index contributed by atoms with van der Waals surface area (Å²) < 4.78 is 0.793. The summed E-state index contributed by atoms with van der Waals surface area (Å²) in [4.78, 5) is 15.0. The van der Waals surface area contributed by atoms with Crippen molar-refractivity contribution in [1.82, 2.24) is 15.1 Å². The van der Waals surface area contributed by atoms with Crippen molar-refractivity contribution in [2.45, 2.75) is 29.9 Å². The van der Waals surface area contributed by atoms with Crippen LogP contribution in [0.15, 0.2) is 65.0 Å². The summed E-state index contributed by atoms with van der Waals surface area (Å²) in [7, 11) is 0. The SMILES string of the molecule is CCN(CC)C(=O)C(Sc1nnc(NCCc2ccccc2)s1)c1ccccc1. The Labute approximate surface area is 180 Å². The topological polar surface area (TPSA) is 58.1 Å². The van der Waals surface area contributed by atoms with Gasteiger partial charge in [0.25, 0.3) is 0 Å². The Kier molecular flexibility index (Phi) is 8.07. The summed E-state index contributed by atoms with van der Waals surface area (Å²) >= 11 is 2.97. The number of nitrogens with zero attached hydrogens (tertiary/aromatic N) is 3. The lowest BCUT2D eigenvalue weighted by atomic mass is 10.1. The van der Waals surface area contributed by atoms with Gasteiger partial charge in [-0.25, -0.2) is 0 Å². The van der Waals surface area contributed by atoms with Crippen LogP contribution < -0.4 is 5.32 Å². The van der Waals surface area contributed by atoms with Gasteiger partial charge < -0.3 is 10.2 Å². The molecule has 29 heavy (non-hydrogen) atoms. The highest BCUT2D eigenvalue weighted by Gasteiger charge is 2.27. The molecule has 152 valence electrons. The lowest BCUT2D eigenvalue weighted by Crippen LogP contribution is -2.33. The molecule has 1 heterocycles. The Morgan fingerprint density at radius 2 is 1.69 bits per heavy atom. The number of rotatable bonds is 10. The number of anilines is 1. The lowest BCUT2D eigenvalue weighted by molar-refractivity contribution is -0.130. The van der Waals surface area contributed by atoms with E-state index in [2.05, 4.69) is 27.6 Å². The Bertz CT molecular complexity index is 882. The second kappa shape index (κ2) is 11.0. The Balaban J connectivity index is 1.66. The molecule has 0 bridgehead atoms. The van der Waals surface area contributed by atoms with Crippen LogP contribution in [-0.4, -0.2) is 40.6 Å². The maximum absolute atomic E-state index is 13.1. The maximum atomic E-state index is 13.1. The number of carbonyl (C=O) groups is 1. The molecule has 1 unspecified atom stereocenters.